The van der Waals surface area contributed by atoms with Gasteiger partial charge in [-0.3, -0.25) is 18.6 Å². The number of allylic oxidation sites excluding steroid dienone is 24. The van der Waals surface area contributed by atoms with Gasteiger partial charge in [-0.2, -0.15) is 0 Å². The predicted molar refractivity (Wildman–Crippen MR) is 385 cm³/mol. The van der Waals surface area contributed by atoms with Crippen molar-refractivity contribution < 1.29 is 37.6 Å². The molecular weight excluding hydrogens is 1120 g/mol. The molecule has 0 aromatic rings. The van der Waals surface area contributed by atoms with Gasteiger partial charge in [-0.1, -0.05) is 327 Å². The number of phosphoric acid groups is 1. The summed E-state index contributed by atoms with van der Waals surface area (Å²) in [5.41, 5.74) is 5.40. The van der Waals surface area contributed by atoms with Crippen molar-refractivity contribution in [2.75, 3.05) is 26.4 Å². The Hall–Kier alpha value is -4.11. The number of phosphoric ester groups is 1. The fraction of sp³-hybridized carbons (Fsp3) is 0.671. The lowest BCUT2D eigenvalue weighted by molar-refractivity contribution is -0.161. The van der Waals surface area contributed by atoms with E-state index in [9.17, 15) is 19.0 Å². The summed E-state index contributed by atoms with van der Waals surface area (Å²) in [6.07, 6.45) is 105. The molecule has 0 aromatic heterocycles. The number of unbranched alkanes of at least 4 members (excludes halogenated alkanes) is 30. The molecule has 2 atom stereocenters. The minimum atomic E-state index is -4.41. The number of carbonyl (C=O) groups is 2. The molecule has 0 fully saturated rings. The molecule has 9 nitrogen and oxygen atoms in total. The van der Waals surface area contributed by atoms with Gasteiger partial charge in [0.1, 0.15) is 6.61 Å². The lowest BCUT2D eigenvalue weighted by Gasteiger charge is -2.19. The van der Waals surface area contributed by atoms with Gasteiger partial charge in [0, 0.05) is 19.4 Å². The molecule has 0 aliphatic heterocycles. The molecule has 89 heavy (non-hydrogen) atoms. The number of hydrogen-bond donors (Lipinski definition) is 2. The first-order valence-electron chi connectivity index (χ1n) is 36.3. The SMILES string of the molecule is CC/C=C\C/C=C\C/C=C\C/C=C\C/C=C\C/C=C\C/C=C\CCCCCCCCCC(=O)OC(COC(=O)CCCCCCCCCCCCCCCCCCCCCCCCC/C=C\C/C=C\C/C=C\C/C=C\C/C=C\CC)COP(=O)(O)OCCN. The minimum absolute atomic E-state index is 0.0462. The van der Waals surface area contributed by atoms with Crippen molar-refractivity contribution in [3.63, 3.8) is 0 Å². The minimum Gasteiger partial charge on any atom is -0.462 e. The van der Waals surface area contributed by atoms with Crippen LogP contribution in [0, 0.1) is 0 Å². The molecule has 0 rings (SSSR count). The first-order chi connectivity index (χ1) is 43.8. The van der Waals surface area contributed by atoms with Crippen LogP contribution >= 0.6 is 7.82 Å². The van der Waals surface area contributed by atoms with Gasteiger partial charge in [-0.15, -0.1) is 0 Å². The molecule has 0 radical (unpaired) electrons. The van der Waals surface area contributed by atoms with E-state index in [1.165, 1.54) is 154 Å². The second kappa shape index (κ2) is 72.9. The molecule has 0 amide bonds. The summed E-state index contributed by atoms with van der Waals surface area (Å²) in [5.74, 6) is -0.838. The van der Waals surface area contributed by atoms with E-state index in [1.54, 1.807) is 0 Å². The maximum atomic E-state index is 12.8. The van der Waals surface area contributed by atoms with Crippen molar-refractivity contribution >= 4 is 19.8 Å². The zero-order chi connectivity index (χ0) is 64.4. The van der Waals surface area contributed by atoms with Crippen molar-refractivity contribution in [1.29, 1.82) is 0 Å². The monoisotopic (exact) mass is 1260 g/mol. The average molecular weight is 1260 g/mol. The van der Waals surface area contributed by atoms with E-state index in [1.807, 2.05) is 0 Å². The van der Waals surface area contributed by atoms with Crippen molar-refractivity contribution in [3.05, 3.63) is 146 Å². The van der Waals surface area contributed by atoms with E-state index in [0.717, 1.165) is 122 Å². The van der Waals surface area contributed by atoms with Gasteiger partial charge in [0.15, 0.2) is 6.10 Å². The number of rotatable bonds is 67. The smallest absolute Gasteiger partial charge is 0.462 e. The molecule has 0 aliphatic carbocycles. The van der Waals surface area contributed by atoms with Gasteiger partial charge in [0.2, 0.25) is 0 Å². The summed E-state index contributed by atoms with van der Waals surface area (Å²) in [6, 6.07) is 0. The third-order valence-corrected chi connectivity index (χ3v) is 16.2. The van der Waals surface area contributed by atoms with Crippen LogP contribution in [0.5, 0.6) is 0 Å². The van der Waals surface area contributed by atoms with E-state index in [2.05, 4.69) is 160 Å². The zero-order valence-corrected chi connectivity index (χ0v) is 58.0. The van der Waals surface area contributed by atoms with Crippen LogP contribution in [0.15, 0.2) is 146 Å². The zero-order valence-electron chi connectivity index (χ0n) is 57.1. The Bertz CT molecular complexity index is 1970. The van der Waals surface area contributed by atoms with Crippen LogP contribution < -0.4 is 5.73 Å². The first-order valence-corrected chi connectivity index (χ1v) is 37.8. The molecule has 0 aliphatic rings. The topological polar surface area (TPSA) is 134 Å². The third-order valence-electron chi connectivity index (χ3n) is 15.2. The highest BCUT2D eigenvalue weighted by Crippen LogP contribution is 2.43. The van der Waals surface area contributed by atoms with Crippen LogP contribution in [0.3, 0.4) is 0 Å². The Balaban J connectivity index is 3.87. The number of esters is 2. The van der Waals surface area contributed by atoms with Crippen molar-refractivity contribution in [1.82, 2.24) is 0 Å². The van der Waals surface area contributed by atoms with Gasteiger partial charge in [-0.05, 0) is 116 Å². The van der Waals surface area contributed by atoms with Crippen LogP contribution in [-0.4, -0.2) is 49.3 Å². The number of carbonyl (C=O) groups excluding carboxylic acids is 2. The quantitative estimate of drug-likeness (QED) is 0.0264. The molecule has 0 spiro atoms. The molecule has 0 heterocycles. The molecular formula is C79H134NO8P. The average Bonchev–Trinajstić information content (AvgIpc) is 3.68. The van der Waals surface area contributed by atoms with E-state index in [0.29, 0.717) is 6.42 Å². The predicted octanol–water partition coefficient (Wildman–Crippen LogP) is 24.2. The highest BCUT2D eigenvalue weighted by atomic mass is 31.2. The number of ether oxygens (including phenoxy) is 2. The Morgan fingerprint density at radius 1 is 0.337 bits per heavy atom. The second-order valence-electron chi connectivity index (χ2n) is 23.7. The van der Waals surface area contributed by atoms with Crippen molar-refractivity contribution in [2.24, 2.45) is 5.73 Å². The number of nitrogens with two attached hydrogens (primary N) is 1. The summed E-state index contributed by atoms with van der Waals surface area (Å²) in [4.78, 5) is 35.4. The van der Waals surface area contributed by atoms with Crippen LogP contribution in [0.25, 0.3) is 0 Å². The Kier molecular flexibility index (Phi) is 69.6. The van der Waals surface area contributed by atoms with Crippen molar-refractivity contribution in [2.45, 2.75) is 315 Å². The van der Waals surface area contributed by atoms with E-state index >= 15 is 0 Å². The van der Waals surface area contributed by atoms with Gasteiger partial charge in [-0.25, -0.2) is 4.57 Å². The van der Waals surface area contributed by atoms with Crippen LogP contribution in [0.2, 0.25) is 0 Å². The highest BCUT2D eigenvalue weighted by Gasteiger charge is 2.26. The normalized spacial score (nSPS) is 13.8. The van der Waals surface area contributed by atoms with Crippen molar-refractivity contribution in [3.8, 4) is 0 Å². The first kappa shape index (κ1) is 84.9. The maximum absolute atomic E-state index is 12.8. The maximum Gasteiger partial charge on any atom is 0.472 e. The Labute approximate surface area is 547 Å². The van der Waals surface area contributed by atoms with E-state index in [-0.39, 0.29) is 38.6 Å². The van der Waals surface area contributed by atoms with E-state index in [4.69, 9.17) is 24.3 Å². The molecule has 508 valence electrons. The standard InChI is InChI=1S/C79H134NO8P/c1-3-5-7-9-11-13-15-17-19-21-23-25-27-29-31-33-34-35-36-37-38-39-40-41-42-44-45-47-49-51-53-55-57-59-61-63-65-67-69-71-78(81)85-75-77(76-87-89(83,84)86-74-73-80)88-79(82)72-70-68-66-64-62-60-58-56-54-52-50-48-46-43-32-30-28-26-24-22-20-18-16-14-12-10-8-6-4-2/h5-8,11-14,17-20,23-26,29-32,46,48,52,54,77H,3-4,9-10,15-16,21-22,27-28,33-45,47,49-51,53,55-76,80H2,1-2H3,(H,83,84)/b7-5-,8-6-,13-11-,14-12-,19-17-,20-18-,25-23-,26-24-,31-29-,32-30-,48-46-,54-52-. The van der Waals surface area contributed by atoms with Gasteiger partial charge in [0.25, 0.3) is 0 Å². The molecule has 2 unspecified atom stereocenters. The summed E-state index contributed by atoms with van der Waals surface area (Å²) >= 11 is 0. The van der Waals surface area contributed by atoms with Crippen LogP contribution in [0.1, 0.15) is 309 Å². The number of hydrogen-bond acceptors (Lipinski definition) is 8. The summed E-state index contributed by atoms with van der Waals surface area (Å²) in [7, 11) is -4.41. The fourth-order valence-corrected chi connectivity index (χ4v) is 10.7. The Morgan fingerprint density at radius 3 is 0.865 bits per heavy atom. The summed E-state index contributed by atoms with van der Waals surface area (Å²) in [6.45, 7) is 3.52. The second-order valence-corrected chi connectivity index (χ2v) is 25.1. The Morgan fingerprint density at radius 2 is 0.584 bits per heavy atom. The van der Waals surface area contributed by atoms with Gasteiger partial charge < -0.3 is 20.1 Å². The third kappa shape index (κ3) is 72.8. The summed E-state index contributed by atoms with van der Waals surface area (Å²) in [5, 5.41) is 0. The summed E-state index contributed by atoms with van der Waals surface area (Å²) < 4.78 is 33.2. The molecule has 10 heteroatoms. The largest absolute Gasteiger partial charge is 0.472 e. The van der Waals surface area contributed by atoms with E-state index < -0.39 is 26.5 Å². The highest BCUT2D eigenvalue weighted by molar-refractivity contribution is 7.47. The van der Waals surface area contributed by atoms with Crippen LogP contribution in [0.4, 0.5) is 0 Å². The molecule has 3 N–H and O–H groups in total. The lowest BCUT2D eigenvalue weighted by atomic mass is 10.0. The fourth-order valence-electron chi connectivity index (χ4n) is 9.94. The molecule has 0 aromatic carbocycles. The van der Waals surface area contributed by atoms with Crippen LogP contribution in [-0.2, 0) is 32.7 Å². The molecule has 0 bridgehead atoms. The van der Waals surface area contributed by atoms with Gasteiger partial charge in [0.05, 0.1) is 13.2 Å². The molecule has 0 saturated heterocycles. The lowest BCUT2D eigenvalue weighted by Crippen LogP contribution is -2.29. The van der Waals surface area contributed by atoms with Gasteiger partial charge >= 0.3 is 19.8 Å². The molecule has 0 saturated carbocycles.